The summed E-state index contributed by atoms with van der Waals surface area (Å²) in [5.74, 6) is 1.20. The second kappa shape index (κ2) is 7.89. The van der Waals surface area contributed by atoms with Gasteiger partial charge in [0.2, 0.25) is 0 Å². The molecule has 0 fully saturated rings. The Morgan fingerprint density at radius 3 is 2.48 bits per heavy atom. The molecule has 0 saturated heterocycles. The van der Waals surface area contributed by atoms with Gasteiger partial charge in [-0.3, -0.25) is 14.5 Å². The zero-order chi connectivity index (χ0) is 17.8. The molecule has 0 bridgehead atoms. The minimum Gasteiger partial charge on any atom is -0.497 e. The van der Waals surface area contributed by atoms with E-state index in [0.717, 1.165) is 21.9 Å². The van der Waals surface area contributed by atoms with Crippen LogP contribution in [0.4, 0.5) is 0 Å². The summed E-state index contributed by atoms with van der Waals surface area (Å²) in [5.41, 5.74) is 1.62. The van der Waals surface area contributed by atoms with Gasteiger partial charge in [0.15, 0.2) is 0 Å². The Kier molecular flexibility index (Phi) is 5.60. The molecule has 2 aromatic rings. The molecular weight excluding hydrogens is 354 g/mol. The van der Waals surface area contributed by atoms with Crippen molar-refractivity contribution in [2.24, 2.45) is 0 Å². The summed E-state index contributed by atoms with van der Waals surface area (Å²) in [6.45, 7) is 2.37. The standard InChI is InChI=1S/C19H19NO3S2/c1-3-24-17-16(15-5-4-12-25-15)18(21)20(19(17)22)11-10-13-6-8-14(23-2)9-7-13/h4-9,12H,3,10-11H2,1-2H3. The summed E-state index contributed by atoms with van der Waals surface area (Å²) < 4.78 is 5.15. The molecule has 0 radical (unpaired) electrons. The Labute approximate surface area is 155 Å². The molecule has 2 amide bonds. The molecule has 0 saturated carbocycles. The third-order valence-electron chi connectivity index (χ3n) is 3.96. The van der Waals surface area contributed by atoms with Crippen LogP contribution in [0.2, 0.25) is 0 Å². The summed E-state index contributed by atoms with van der Waals surface area (Å²) in [4.78, 5) is 28.4. The highest BCUT2D eigenvalue weighted by molar-refractivity contribution is 8.04. The first kappa shape index (κ1) is 17.8. The molecule has 0 N–H and O–H groups in total. The number of carbonyl (C=O) groups excluding carboxylic acids is 2. The Morgan fingerprint density at radius 1 is 1.12 bits per heavy atom. The molecular formula is C19H19NO3S2. The third kappa shape index (κ3) is 3.65. The summed E-state index contributed by atoms with van der Waals surface area (Å²) >= 11 is 2.94. The van der Waals surface area contributed by atoms with Gasteiger partial charge in [-0.2, -0.15) is 0 Å². The highest BCUT2D eigenvalue weighted by Crippen LogP contribution is 2.37. The molecule has 130 valence electrons. The van der Waals surface area contributed by atoms with Gasteiger partial charge in [-0.05, 0) is 41.3 Å². The van der Waals surface area contributed by atoms with Crippen LogP contribution in [-0.4, -0.2) is 36.1 Å². The number of nitrogens with zero attached hydrogens (tertiary/aromatic N) is 1. The predicted molar refractivity (Wildman–Crippen MR) is 103 cm³/mol. The molecule has 1 aliphatic rings. The first-order valence-electron chi connectivity index (χ1n) is 8.05. The van der Waals surface area contributed by atoms with Gasteiger partial charge in [0.05, 0.1) is 17.6 Å². The second-order valence-electron chi connectivity index (χ2n) is 5.47. The number of methoxy groups -OCH3 is 1. The van der Waals surface area contributed by atoms with Crippen molar-refractivity contribution in [2.45, 2.75) is 13.3 Å². The average Bonchev–Trinajstić information content (AvgIpc) is 3.22. The van der Waals surface area contributed by atoms with Crippen LogP contribution >= 0.6 is 23.1 Å². The number of amides is 2. The number of rotatable bonds is 7. The molecule has 2 heterocycles. The molecule has 6 heteroatoms. The zero-order valence-corrected chi connectivity index (χ0v) is 15.8. The van der Waals surface area contributed by atoms with E-state index in [-0.39, 0.29) is 11.8 Å². The van der Waals surface area contributed by atoms with Gasteiger partial charge >= 0.3 is 0 Å². The lowest BCUT2D eigenvalue weighted by molar-refractivity contribution is -0.136. The number of carbonyl (C=O) groups is 2. The molecule has 1 aliphatic heterocycles. The number of hydrogen-bond donors (Lipinski definition) is 0. The third-order valence-corrected chi connectivity index (χ3v) is 5.81. The second-order valence-corrected chi connectivity index (χ2v) is 7.70. The molecule has 3 rings (SSSR count). The lowest BCUT2D eigenvalue weighted by Gasteiger charge is -2.15. The highest BCUT2D eigenvalue weighted by Gasteiger charge is 2.38. The molecule has 25 heavy (non-hydrogen) atoms. The van der Waals surface area contributed by atoms with Gasteiger partial charge in [-0.1, -0.05) is 25.1 Å². The topological polar surface area (TPSA) is 46.6 Å². The summed E-state index contributed by atoms with van der Waals surface area (Å²) in [6.07, 6.45) is 0.628. The van der Waals surface area contributed by atoms with Crippen LogP contribution in [0.5, 0.6) is 5.75 Å². The Hall–Kier alpha value is -2.05. The first-order valence-corrected chi connectivity index (χ1v) is 9.92. The predicted octanol–water partition coefficient (Wildman–Crippen LogP) is 3.83. The van der Waals surface area contributed by atoms with Crippen molar-refractivity contribution < 1.29 is 14.3 Å². The number of thiophene rings is 1. The Balaban J connectivity index is 1.77. The maximum Gasteiger partial charge on any atom is 0.268 e. The monoisotopic (exact) mass is 373 g/mol. The fraction of sp³-hybridized carbons (Fsp3) is 0.263. The van der Waals surface area contributed by atoms with Gasteiger partial charge in [0, 0.05) is 11.4 Å². The van der Waals surface area contributed by atoms with Crippen LogP contribution < -0.4 is 4.74 Å². The smallest absolute Gasteiger partial charge is 0.268 e. The number of imide groups is 1. The number of ether oxygens (including phenoxy) is 1. The minimum absolute atomic E-state index is 0.172. The zero-order valence-electron chi connectivity index (χ0n) is 14.2. The van der Waals surface area contributed by atoms with E-state index < -0.39 is 0 Å². The van der Waals surface area contributed by atoms with Crippen LogP contribution in [0.15, 0.2) is 46.7 Å². The number of thioether (sulfide) groups is 1. The largest absolute Gasteiger partial charge is 0.497 e. The van der Waals surface area contributed by atoms with Crippen LogP contribution in [0.3, 0.4) is 0 Å². The van der Waals surface area contributed by atoms with E-state index in [9.17, 15) is 9.59 Å². The van der Waals surface area contributed by atoms with Crippen molar-refractivity contribution >= 4 is 40.5 Å². The van der Waals surface area contributed by atoms with Crippen molar-refractivity contribution in [3.05, 3.63) is 57.1 Å². The van der Waals surface area contributed by atoms with Crippen molar-refractivity contribution in [3.8, 4) is 5.75 Å². The summed E-state index contributed by atoms with van der Waals surface area (Å²) in [6, 6.07) is 11.5. The maximum atomic E-state index is 12.8. The summed E-state index contributed by atoms with van der Waals surface area (Å²) in [7, 11) is 1.63. The van der Waals surface area contributed by atoms with Crippen LogP contribution in [-0.2, 0) is 16.0 Å². The van der Waals surface area contributed by atoms with E-state index in [4.69, 9.17) is 4.74 Å². The normalized spacial score (nSPS) is 14.6. The molecule has 0 spiro atoms. The van der Waals surface area contributed by atoms with Crippen LogP contribution in [0.1, 0.15) is 17.4 Å². The molecule has 0 unspecified atom stereocenters. The van der Waals surface area contributed by atoms with Gasteiger partial charge in [0.1, 0.15) is 5.75 Å². The van der Waals surface area contributed by atoms with E-state index >= 15 is 0 Å². The number of benzene rings is 1. The Bertz CT molecular complexity index is 795. The Morgan fingerprint density at radius 2 is 1.88 bits per heavy atom. The first-order chi connectivity index (χ1) is 12.2. The van der Waals surface area contributed by atoms with Crippen molar-refractivity contribution in [2.75, 3.05) is 19.4 Å². The van der Waals surface area contributed by atoms with Crippen LogP contribution in [0, 0.1) is 0 Å². The minimum atomic E-state index is -0.183. The SMILES string of the molecule is CCSC1=C(c2cccs2)C(=O)N(CCc2ccc(OC)cc2)C1=O. The molecule has 1 aromatic carbocycles. The van der Waals surface area contributed by atoms with Crippen LogP contribution in [0.25, 0.3) is 5.57 Å². The quantitative estimate of drug-likeness (QED) is 0.692. The van der Waals surface area contributed by atoms with Gasteiger partial charge in [-0.15, -0.1) is 23.1 Å². The fourth-order valence-corrected chi connectivity index (χ4v) is 4.40. The highest BCUT2D eigenvalue weighted by atomic mass is 32.2. The lowest BCUT2D eigenvalue weighted by Crippen LogP contribution is -2.33. The average molecular weight is 373 g/mol. The van der Waals surface area contributed by atoms with E-state index in [2.05, 4.69) is 0 Å². The fourth-order valence-electron chi connectivity index (χ4n) is 2.71. The summed E-state index contributed by atoms with van der Waals surface area (Å²) in [5, 5.41) is 1.92. The van der Waals surface area contributed by atoms with E-state index in [0.29, 0.717) is 23.4 Å². The van der Waals surface area contributed by atoms with E-state index in [1.807, 2.05) is 48.7 Å². The molecule has 0 atom stereocenters. The van der Waals surface area contributed by atoms with E-state index in [1.54, 1.807) is 7.11 Å². The molecule has 1 aromatic heterocycles. The maximum absolute atomic E-state index is 12.8. The van der Waals surface area contributed by atoms with Gasteiger partial charge < -0.3 is 4.74 Å². The van der Waals surface area contributed by atoms with Gasteiger partial charge in [-0.25, -0.2) is 0 Å². The van der Waals surface area contributed by atoms with Crippen molar-refractivity contribution in [3.63, 3.8) is 0 Å². The molecule has 4 nitrogen and oxygen atoms in total. The lowest BCUT2D eigenvalue weighted by atomic mass is 10.1. The number of hydrogen-bond acceptors (Lipinski definition) is 5. The van der Waals surface area contributed by atoms with Crippen molar-refractivity contribution in [1.82, 2.24) is 4.90 Å². The van der Waals surface area contributed by atoms with Gasteiger partial charge in [0.25, 0.3) is 11.8 Å². The van der Waals surface area contributed by atoms with Crippen molar-refractivity contribution in [1.29, 1.82) is 0 Å². The molecule has 0 aliphatic carbocycles. The van der Waals surface area contributed by atoms with E-state index in [1.165, 1.54) is 28.0 Å².